The first kappa shape index (κ1) is 16.5. The van der Waals surface area contributed by atoms with Crippen LogP contribution in [0, 0.1) is 18.3 Å². The minimum atomic E-state index is 0.270. The van der Waals surface area contributed by atoms with Gasteiger partial charge in [0, 0.05) is 19.5 Å². The Hall–Kier alpha value is -2.39. The van der Waals surface area contributed by atoms with Gasteiger partial charge in [0.25, 0.3) is 0 Å². The first-order chi connectivity index (χ1) is 11.7. The molecule has 0 unspecified atom stereocenters. The lowest BCUT2D eigenvalue weighted by Gasteiger charge is -2.37. The second kappa shape index (κ2) is 7.45. The van der Waals surface area contributed by atoms with E-state index in [1.54, 1.807) is 6.07 Å². The van der Waals surface area contributed by atoms with Gasteiger partial charge in [-0.15, -0.1) is 10.2 Å². The van der Waals surface area contributed by atoms with E-state index < -0.39 is 0 Å². The molecule has 0 saturated carbocycles. The number of hydrogen-bond acceptors (Lipinski definition) is 6. The number of aryl methyl sites for hydroxylation is 1. The molecule has 0 radical (unpaired) electrons. The first-order valence-corrected chi connectivity index (χ1v) is 8.35. The molecule has 1 aliphatic heterocycles. The lowest BCUT2D eigenvalue weighted by molar-refractivity contribution is 0.106. The molecule has 0 bridgehead atoms. The molecule has 0 aliphatic carbocycles. The van der Waals surface area contributed by atoms with Crippen molar-refractivity contribution in [1.29, 1.82) is 5.26 Å². The monoisotopic (exact) mass is 326 g/mol. The lowest BCUT2D eigenvalue weighted by atomic mass is 9.90. The number of ether oxygens (including phenoxy) is 1. The quantitative estimate of drug-likeness (QED) is 0.841. The Bertz CT molecular complexity index is 722. The average Bonchev–Trinajstić information content (AvgIpc) is 3.03. The summed E-state index contributed by atoms with van der Waals surface area (Å²) < 4.78 is 11.4. The average molecular weight is 326 g/mol. The van der Waals surface area contributed by atoms with E-state index >= 15 is 0 Å². The predicted octanol–water partition coefficient (Wildman–Crippen LogP) is 2.90. The molecular formula is C18H22N4O2. The van der Waals surface area contributed by atoms with Crippen LogP contribution < -0.4 is 4.74 Å². The van der Waals surface area contributed by atoms with Gasteiger partial charge < -0.3 is 9.15 Å². The Morgan fingerprint density at radius 1 is 1.38 bits per heavy atom. The Kier molecular flexibility index (Phi) is 5.11. The van der Waals surface area contributed by atoms with E-state index in [0.29, 0.717) is 29.9 Å². The first-order valence-electron chi connectivity index (χ1n) is 8.35. The Labute approximate surface area is 142 Å². The number of nitrogens with zero attached hydrogens (tertiary/aromatic N) is 4. The predicted molar refractivity (Wildman–Crippen MR) is 88.7 cm³/mol. The summed E-state index contributed by atoms with van der Waals surface area (Å²) in [6.45, 7) is 6.42. The van der Waals surface area contributed by atoms with Crippen molar-refractivity contribution >= 4 is 0 Å². The van der Waals surface area contributed by atoms with Crippen molar-refractivity contribution in [2.24, 2.45) is 0 Å². The van der Waals surface area contributed by atoms with Crippen LogP contribution in [0.1, 0.15) is 43.0 Å². The number of likely N-dealkylation sites (tertiary alicyclic amines) is 1. The number of piperidine rings is 1. The van der Waals surface area contributed by atoms with Crippen molar-refractivity contribution in [2.75, 3.05) is 19.7 Å². The van der Waals surface area contributed by atoms with E-state index in [0.717, 1.165) is 31.8 Å². The standard InChI is InChI=1S/C18H22N4O2/c1-13-16(18-21-20-14(2)24-18)7-5-9-22(13)10-11-23-17-8-4-3-6-15(17)12-19/h3-4,6,8,13,16H,5,7,9-11H2,1-2H3/t13-,16-/m0/s1. The highest BCUT2D eigenvalue weighted by molar-refractivity contribution is 5.42. The zero-order valence-corrected chi connectivity index (χ0v) is 14.1. The van der Waals surface area contributed by atoms with Crippen LogP contribution in [-0.4, -0.2) is 40.8 Å². The largest absolute Gasteiger partial charge is 0.491 e. The second-order valence-electron chi connectivity index (χ2n) is 6.14. The summed E-state index contributed by atoms with van der Waals surface area (Å²) in [5, 5.41) is 17.3. The van der Waals surface area contributed by atoms with E-state index in [9.17, 15) is 0 Å². The van der Waals surface area contributed by atoms with Crippen LogP contribution in [0.5, 0.6) is 5.75 Å². The van der Waals surface area contributed by atoms with Crippen LogP contribution in [-0.2, 0) is 0 Å². The Morgan fingerprint density at radius 2 is 2.21 bits per heavy atom. The van der Waals surface area contributed by atoms with Crippen molar-refractivity contribution in [1.82, 2.24) is 15.1 Å². The molecule has 24 heavy (non-hydrogen) atoms. The van der Waals surface area contributed by atoms with Gasteiger partial charge in [-0.05, 0) is 38.4 Å². The lowest BCUT2D eigenvalue weighted by Crippen LogP contribution is -2.44. The summed E-state index contributed by atoms with van der Waals surface area (Å²) >= 11 is 0. The Morgan fingerprint density at radius 3 is 2.96 bits per heavy atom. The number of nitriles is 1. The van der Waals surface area contributed by atoms with Crippen molar-refractivity contribution in [3.8, 4) is 11.8 Å². The minimum Gasteiger partial charge on any atom is -0.491 e. The highest BCUT2D eigenvalue weighted by atomic mass is 16.5. The summed E-state index contributed by atoms with van der Waals surface area (Å²) in [6, 6.07) is 9.82. The van der Waals surface area contributed by atoms with Crippen LogP contribution in [0.25, 0.3) is 0 Å². The maximum Gasteiger partial charge on any atom is 0.221 e. The van der Waals surface area contributed by atoms with Crippen LogP contribution in [0.2, 0.25) is 0 Å². The van der Waals surface area contributed by atoms with E-state index in [1.165, 1.54) is 0 Å². The maximum atomic E-state index is 9.11. The molecule has 126 valence electrons. The summed E-state index contributed by atoms with van der Waals surface area (Å²) in [5.74, 6) is 2.27. The van der Waals surface area contributed by atoms with Gasteiger partial charge in [0.2, 0.25) is 11.8 Å². The number of hydrogen-bond donors (Lipinski definition) is 0. The van der Waals surface area contributed by atoms with Crippen LogP contribution in [0.3, 0.4) is 0 Å². The SMILES string of the molecule is Cc1nnc([C@H]2CCCN(CCOc3ccccc3C#N)[C@H]2C)o1. The topological polar surface area (TPSA) is 75.2 Å². The number of rotatable bonds is 5. The van der Waals surface area contributed by atoms with Crippen molar-refractivity contribution < 1.29 is 9.15 Å². The highest BCUT2D eigenvalue weighted by Gasteiger charge is 2.32. The highest BCUT2D eigenvalue weighted by Crippen LogP contribution is 2.31. The molecular weight excluding hydrogens is 304 g/mol. The van der Waals surface area contributed by atoms with Crippen molar-refractivity contribution in [3.05, 3.63) is 41.6 Å². The van der Waals surface area contributed by atoms with Gasteiger partial charge in [-0.25, -0.2) is 0 Å². The van der Waals surface area contributed by atoms with E-state index in [1.807, 2.05) is 25.1 Å². The van der Waals surface area contributed by atoms with Gasteiger partial charge in [0.05, 0.1) is 11.5 Å². The molecule has 2 heterocycles. The van der Waals surface area contributed by atoms with Gasteiger partial charge in [0.15, 0.2) is 0 Å². The fraction of sp³-hybridized carbons (Fsp3) is 0.500. The maximum absolute atomic E-state index is 9.11. The number of benzene rings is 1. The van der Waals surface area contributed by atoms with Crippen molar-refractivity contribution in [2.45, 2.75) is 38.6 Å². The van der Waals surface area contributed by atoms with Crippen LogP contribution in [0.4, 0.5) is 0 Å². The fourth-order valence-electron chi connectivity index (χ4n) is 3.28. The smallest absolute Gasteiger partial charge is 0.221 e. The third kappa shape index (κ3) is 3.57. The minimum absolute atomic E-state index is 0.270. The molecule has 0 N–H and O–H groups in total. The third-order valence-electron chi connectivity index (χ3n) is 4.62. The van der Waals surface area contributed by atoms with Gasteiger partial charge in [-0.3, -0.25) is 4.90 Å². The number of aromatic nitrogens is 2. The molecule has 6 heteroatoms. The van der Waals surface area contributed by atoms with Gasteiger partial charge >= 0.3 is 0 Å². The zero-order chi connectivity index (χ0) is 16.9. The molecule has 6 nitrogen and oxygen atoms in total. The summed E-state index contributed by atoms with van der Waals surface area (Å²) in [7, 11) is 0. The van der Waals surface area contributed by atoms with E-state index in [-0.39, 0.29) is 5.92 Å². The van der Waals surface area contributed by atoms with Crippen LogP contribution in [0.15, 0.2) is 28.7 Å². The third-order valence-corrected chi connectivity index (χ3v) is 4.62. The summed E-state index contributed by atoms with van der Waals surface area (Å²) in [5.41, 5.74) is 0.573. The van der Waals surface area contributed by atoms with Crippen LogP contribution >= 0.6 is 0 Å². The molecule has 1 aliphatic rings. The Balaban J connectivity index is 1.58. The zero-order valence-electron chi connectivity index (χ0n) is 14.1. The number of para-hydroxylation sites is 1. The van der Waals surface area contributed by atoms with E-state index in [4.69, 9.17) is 14.4 Å². The molecule has 3 rings (SSSR count). The molecule has 0 spiro atoms. The molecule has 1 saturated heterocycles. The normalized spacial score (nSPS) is 21.4. The van der Waals surface area contributed by atoms with Crippen molar-refractivity contribution in [3.63, 3.8) is 0 Å². The fourth-order valence-corrected chi connectivity index (χ4v) is 3.28. The summed E-state index contributed by atoms with van der Waals surface area (Å²) in [4.78, 5) is 2.39. The van der Waals surface area contributed by atoms with Gasteiger partial charge in [0.1, 0.15) is 18.4 Å². The molecule has 0 amide bonds. The van der Waals surface area contributed by atoms with E-state index in [2.05, 4.69) is 28.1 Å². The molecule has 1 aromatic carbocycles. The molecule has 1 fully saturated rings. The second-order valence-corrected chi connectivity index (χ2v) is 6.14. The molecule has 2 atom stereocenters. The van der Waals surface area contributed by atoms with Gasteiger partial charge in [-0.1, -0.05) is 12.1 Å². The molecule has 1 aromatic heterocycles. The molecule has 2 aromatic rings. The summed E-state index contributed by atoms with van der Waals surface area (Å²) in [6.07, 6.45) is 2.17. The van der Waals surface area contributed by atoms with Gasteiger partial charge in [-0.2, -0.15) is 5.26 Å².